The third kappa shape index (κ3) is 1.21. The van der Waals surface area contributed by atoms with Crippen LogP contribution in [-0.4, -0.2) is 10.5 Å². The molecule has 0 amide bonds. The topological polar surface area (TPSA) is 0 Å². The molecule has 2 unspecified atom stereocenters. The average molecular weight is 184 g/mol. The number of rotatable bonds is 1. The third-order valence-electron chi connectivity index (χ3n) is 3.81. The van der Waals surface area contributed by atoms with E-state index in [0.29, 0.717) is 5.41 Å². The van der Waals surface area contributed by atoms with E-state index in [1.807, 2.05) is 0 Å². The first-order valence-corrected chi connectivity index (χ1v) is 6.20. The zero-order valence-corrected chi connectivity index (χ0v) is 9.34. The number of thioether (sulfide) groups is 1. The largest absolute Gasteiger partial charge is 0.154 e. The van der Waals surface area contributed by atoms with E-state index in [0.717, 1.165) is 10.7 Å². The van der Waals surface area contributed by atoms with E-state index >= 15 is 0 Å². The predicted octanol–water partition coefficient (Wildman–Crippen LogP) is 3.71. The van der Waals surface area contributed by atoms with Crippen LogP contribution in [0.1, 0.15) is 46.5 Å². The van der Waals surface area contributed by atoms with Crippen molar-refractivity contribution >= 4 is 11.8 Å². The summed E-state index contributed by atoms with van der Waals surface area (Å²) in [7, 11) is 0. The highest BCUT2D eigenvalue weighted by Gasteiger charge is 2.53. The van der Waals surface area contributed by atoms with Crippen molar-refractivity contribution in [3.05, 3.63) is 0 Å². The smallest absolute Gasteiger partial charge is 0.0201 e. The molecule has 1 spiro atoms. The second-order valence-corrected chi connectivity index (χ2v) is 6.76. The maximum Gasteiger partial charge on any atom is 0.0201 e. The van der Waals surface area contributed by atoms with Crippen molar-refractivity contribution in [1.29, 1.82) is 0 Å². The molecule has 0 aromatic carbocycles. The minimum Gasteiger partial charge on any atom is -0.154 e. The zero-order chi connectivity index (χ0) is 8.82. The Kier molecular flexibility index (Phi) is 1.98. The highest BCUT2D eigenvalue weighted by atomic mass is 32.2. The van der Waals surface area contributed by atoms with Crippen molar-refractivity contribution in [2.45, 2.75) is 51.2 Å². The quantitative estimate of drug-likeness (QED) is 0.598. The Labute approximate surface area is 80.5 Å². The van der Waals surface area contributed by atoms with E-state index in [9.17, 15) is 0 Å². The molecule has 1 saturated heterocycles. The molecular weight excluding hydrogens is 164 g/mol. The van der Waals surface area contributed by atoms with Crippen LogP contribution in [0.2, 0.25) is 0 Å². The molecule has 0 nitrogen and oxygen atoms in total. The summed E-state index contributed by atoms with van der Waals surface area (Å²) in [5, 5.41) is 0. The van der Waals surface area contributed by atoms with Gasteiger partial charge in [-0.25, -0.2) is 0 Å². The molecule has 1 heteroatoms. The monoisotopic (exact) mass is 184 g/mol. The summed E-state index contributed by atoms with van der Waals surface area (Å²) < 4.78 is 0.734. The Morgan fingerprint density at radius 2 is 2.08 bits per heavy atom. The Morgan fingerprint density at radius 3 is 2.42 bits per heavy atom. The molecule has 0 aromatic heterocycles. The molecule has 1 heterocycles. The van der Waals surface area contributed by atoms with E-state index in [4.69, 9.17) is 0 Å². The van der Waals surface area contributed by atoms with Crippen molar-refractivity contribution in [1.82, 2.24) is 0 Å². The summed E-state index contributed by atoms with van der Waals surface area (Å²) in [5.74, 6) is 2.48. The van der Waals surface area contributed by atoms with E-state index < -0.39 is 0 Å². The van der Waals surface area contributed by atoms with Crippen LogP contribution in [-0.2, 0) is 0 Å². The molecule has 70 valence electrons. The molecule has 0 bridgehead atoms. The third-order valence-corrected chi connectivity index (χ3v) is 5.64. The van der Waals surface area contributed by atoms with Crippen LogP contribution in [0.4, 0.5) is 0 Å². The average Bonchev–Trinajstić information content (AvgIpc) is 2.28. The highest BCUT2D eigenvalue weighted by molar-refractivity contribution is 8.02. The van der Waals surface area contributed by atoms with Gasteiger partial charge in [0.15, 0.2) is 0 Å². The van der Waals surface area contributed by atoms with Gasteiger partial charge in [0, 0.05) is 4.75 Å². The lowest BCUT2D eigenvalue weighted by Gasteiger charge is -2.47. The van der Waals surface area contributed by atoms with Crippen molar-refractivity contribution in [2.75, 3.05) is 5.75 Å². The maximum atomic E-state index is 2.44. The SMILES string of the molecule is CCC1CSC12CCC(C)(C)C2. The van der Waals surface area contributed by atoms with Crippen molar-refractivity contribution in [3.8, 4) is 0 Å². The first-order valence-electron chi connectivity index (χ1n) is 5.22. The summed E-state index contributed by atoms with van der Waals surface area (Å²) in [5.41, 5.74) is 0.640. The fourth-order valence-corrected chi connectivity index (χ4v) is 4.95. The van der Waals surface area contributed by atoms with Gasteiger partial charge in [-0.2, -0.15) is 11.8 Å². The molecule has 12 heavy (non-hydrogen) atoms. The molecule has 2 rings (SSSR count). The number of hydrogen-bond donors (Lipinski definition) is 0. The molecule has 0 N–H and O–H groups in total. The van der Waals surface area contributed by atoms with Crippen LogP contribution in [0.15, 0.2) is 0 Å². The summed E-state index contributed by atoms with van der Waals surface area (Å²) in [6, 6.07) is 0. The molecule has 0 radical (unpaired) electrons. The molecule has 2 atom stereocenters. The summed E-state index contributed by atoms with van der Waals surface area (Å²) in [6.45, 7) is 7.23. The Morgan fingerprint density at radius 1 is 1.33 bits per heavy atom. The Bertz CT molecular complexity index is 183. The van der Waals surface area contributed by atoms with E-state index in [1.165, 1.54) is 31.4 Å². The maximum absolute atomic E-state index is 2.44. The molecule has 1 aliphatic carbocycles. The van der Waals surface area contributed by atoms with Crippen LogP contribution in [0.5, 0.6) is 0 Å². The van der Waals surface area contributed by atoms with Gasteiger partial charge >= 0.3 is 0 Å². The van der Waals surface area contributed by atoms with E-state index in [-0.39, 0.29) is 0 Å². The highest BCUT2D eigenvalue weighted by Crippen LogP contribution is 2.61. The van der Waals surface area contributed by atoms with Gasteiger partial charge in [0.25, 0.3) is 0 Å². The molecule has 2 aliphatic rings. The fourth-order valence-electron chi connectivity index (χ4n) is 2.94. The van der Waals surface area contributed by atoms with Crippen molar-refractivity contribution in [2.24, 2.45) is 11.3 Å². The van der Waals surface area contributed by atoms with Crippen LogP contribution in [0, 0.1) is 11.3 Å². The zero-order valence-electron chi connectivity index (χ0n) is 8.52. The summed E-state index contributed by atoms with van der Waals surface area (Å²) in [6.07, 6.45) is 5.83. The fraction of sp³-hybridized carbons (Fsp3) is 1.00. The van der Waals surface area contributed by atoms with Gasteiger partial charge in [-0.15, -0.1) is 0 Å². The molecule has 0 aromatic rings. The van der Waals surface area contributed by atoms with Crippen LogP contribution in [0.25, 0.3) is 0 Å². The lowest BCUT2D eigenvalue weighted by atomic mass is 9.83. The molecule has 1 aliphatic heterocycles. The first-order chi connectivity index (χ1) is 5.58. The van der Waals surface area contributed by atoms with Gasteiger partial charge in [0.1, 0.15) is 0 Å². The van der Waals surface area contributed by atoms with Gasteiger partial charge in [-0.3, -0.25) is 0 Å². The molecular formula is C11H20S. The van der Waals surface area contributed by atoms with Crippen LogP contribution >= 0.6 is 11.8 Å². The van der Waals surface area contributed by atoms with Crippen molar-refractivity contribution in [3.63, 3.8) is 0 Å². The van der Waals surface area contributed by atoms with Crippen molar-refractivity contribution < 1.29 is 0 Å². The molecule has 2 fully saturated rings. The first kappa shape index (κ1) is 8.93. The van der Waals surface area contributed by atoms with Crippen LogP contribution in [0.3, 0.4) is 0 Å². The minimum absolute atomic E-state index is 0.640. The molecule has 1 saturated carbocycles. The second kappa shape index (κ2) is 2.67. The minimum atomic E-state index is 0.640. The lowest BCUT2D eigenvalue weighted by Crippen LogP contribution is -2.43. The lowest BCUT2D eigenvalue weighted by molar-refractivity contribution is 0.316. The van der Waals surface area contributed by atoms with Gasteiger partial charge in [-0.05, 0) is 36.3 Å². The normalized spacial score (nSPS) is 44.8. The predicted molar refractivity (Wildman–Crippen MR) is 56.6 cm³/mol. The number of hydrogen-bond acceptors (Lipinski definition) is 1. The Balaban J connectivity index is 2.06. The summed E-state index contributed by atoms with van der Waals surface area (Å²) in [4.78, 5) is 0. The van der Waals surface area contributed by atoms with Gasteiger partial charge in [0.05, 0.1) is 0 Å². The standard InChI is InChI=1S/C11H20S/c1-4-9-7-12-11(9)6-5-10(2,3)8-11/h9H,4-8H2,1-3H3. The van der Waals surface area contributed by atoms with Crippen LogP contribution < -0.4 is 0 Å². The van der Waals surface area contributed by atoms with Gasteiger partial charge < -0.3 is 0 Å². The van der Waals surface area contributed by atoms with Gasteiger partial charge in [-0.1, -0.05) is 27.2 Å². The Hall–Kier alpha value is 0.350. The van der Waals surface area contributed by atoms with E-state index in [2.05, 4.69) is 32.5 Å². The summed E-state index contributed by atoms with van der Waals surface area (Å²) >= 11 is 2.25. The second-order valence-electron chi connectivity index (χ2n) is 5.32. The van der Waals surface area contributed by atoms with Gasteiger partial charge in [0.2, 0.25) is 0 Å². The van der Waals surface area contributed by atoms with E-state index in [1.54, 1.807) is 0 Å².